The van der Waals surface area contributed by atoms with Crippen LogP contribution < -0.4 is 5.73 Å². The van der Waals surface area contributed by atoms with Gasteiger partial charge in [0.25, 0.3) is 0 Å². The van der Waals surface area contributed by atoms with Crippen LogP contribution >= 0.6 is 0 Å². The minimum atomic E-state index is -3.76. The molecule has 6 nitrogen and oxygen atoms in total. The zero-order valence-electron chi connectivity index (χ0n) is 10.2. The quantitative estimate of drug-likeness (QED) is 0.744. The summed E-state index contributed by atoms with van der Waals surface area (Å²) in [6.07, 6.45) is 2.96. The molecule has 0 heterocycles. The van der Waals surface area contributed by atoms with E-state index in [1.54, 1.807) is 0 Å². The summed E-state index contributed by atoms with van der Waals surface area (Å²) in [6, 6.07) is 0.0147. The van der Waals surface area contributed by atoms with Gasteiger partial charge in [-0.25, -0.2) is 12.7 Å². The summed E-state index contributed by atoms with van der Waals surface area (Å²) in [6.45, 7) is 1.20. The summed E-state index contributed by atoms with van der Waals surface area (Å²) < 4.78 is 25.1. The molecule has 1 unspecified atom stereocenters. The van der Waals surface area contributed by atoms with E-state index in [9.17, 15) is 13.2 Å². The third kappa shape index (κ3) is 3.17. The lowest BCUT2D eigenvalue weighted by Crippen LogP contribution is -2.46. The van der Waals surface area contributed by atoms with Crippen molar-refractivity contribution in [2.24, 2.45) is 5.73 Å². The lowest BCUT2D eigenvalue weighted by atomic mass is 9.92. The van der Waals surface area contributed by atoms with E-state index in [2.05, 4.69) is 0 Å². The van der Waals surface area contributed by atoms with Crippen molar-refractivity contribution in [1.29, 1.82) is 0 Å². The van der Waals surface area contributed by atoms with Gasteiger partial charge in [-0.2, -0.15) is 0 Å². The molecule has 1 atom stereocenters. The molecule has 0 aromatic rings. The fourth-order valence-electron chi connectivity index (χ4n) is 2.05. The molecule has 0 saturated heterocycles. The van der Waals surface area contributed by atoms with Gasteiger partial charge in [-0.1, -0.05) is 0 Å². The maximum absolute atomic E-state index is 12.0. The van der Waals surface area contributed by atoms with Crippen LogP contribution in [0.15, 0.2) is 0 Å². The third-order valence-corrected chi connectivity index (χ3v) is 5.65. The van der Waals surface area contributed by atoms with Crippen molar-refractivity contribution < 1.29 is 18.3 Å². The van der Waals surface area contributed by atoms with E-state index in [0.29, 0.717) is 12.8 Å². The van der Waals surface area contributed by atoms with Crippen LogP contribution in [-0.2, 0) is 14.8 Å². The van der Waals surface area contributed by atoms with Crippen molar-refractivity contribution in [3.63, 3.8) is 0 Å². The number of nitrogens with zero attached hydrogens (tertiary/aromatic N) is 1. The smallest absolute Gasteiger partial charge is 0.323 e. The van der Waals surface area contributed by atoms with E-state index < -0.39 is 21.2 Å². The second-order valence-corrected chi connectivity index (χ2v) is 6.92. The lowest BCUT2D eigenvalue weighted by molar-refractivity contribution is -0.136. The number of aliphatic carboxylic acids is 1. The fourth-order valence-corrected chi connectivity index (χ4v) is 3.43. The average molecular weight is 264 g/mol. The summed E-state index contributed by atoms with van der Waals surface area (Å²) in [5.41, 5.74) is 5.75. The van der Waals surface area contributed by atoms with Crippen LogP contribution in [0, 0.1) is 0 Å². The van der Waals surface area contributed by atoms with Crippen molar-refractivity contribution in [3.8, 4) is 0 Å². The molecule has 0 aromatic carbocycles. The first kappa shape index (κ1) is 14.4. The van der Waals surface area contributed by atoms with Crippen molar-refractivity contribution in [2.75, 3.05) is 7.05 Å². The van der Waals surface area contributed by atoms with E-state index in [1.165, 1.54) is 18.3 Å². The number of hydrogen-bond donors (Lipinski definition) is 2. The SMILES string of the molecule is CC(C(=O)O)S(=O)(=O)N(C)C1CCC(N)CC1. The minimum absolute atomic E-state index is 0.124. The third-order valence-electron chi connectivity index (χ3n) is 3.45. The molecule has 0 bridgehead atoms. The first-order chi connectivity index (χ1) is 7.76. The maximum Gasteiger partial charge on any atom is 0.323 e. The first-order valence-corrected chi connectivity index (χ1v) is 7.22. The molecule has 0 radical (unpaired) electrons. The normalized spacial score (nSPS) is 28.0. The Bertz CT molecular complexity index is 374. The number of carbonyl (C=O) groups is 1. The molecule has 0 aliphatic heterocycles. The minimum Gasteiger partial charge on any atom is -0.480 e. The van der Waals surface area contributed by atoms with Crippen LogP contribution in [0.4, 0.5) is 0 Å². The van der Waals surface area contributed by atoms with Crippen molar-refractivity contribution >= 4 is 16.0 Å². The molecule has 1 aliphatic rings. The first-order valence-electron chi connectivity index (χ1n) is 5.72. The lowest BCUT2D eigenvalue weighted by Gasteiger charge is -2.33. The van der Waals surface area contributed by atoms with Crippen LogP contribution in [0.1, 0.15) is 32.6 Å². The molecule has 7 heteroatoms. The second kappa shape index (κ2) is 5.32. The summed E-state index contributed by atoms with van der Waals surface area (Å²) in [5.74, 6) is -1.32. The Morgan fingerprint density at radius 3 is 2.24 bits per heavy atom. The molecule has 1 fully saturated rings. The van der Waals surface area contributed by atoms with Crippen LogP contribution in [0.2, 0.25) is 0 Å². The molecular weight excluding hydrogens is 244 g/mol. The van der Waals surface area contributed by atoms with Gasteiger partial charge in [0.05, 0.1) is 0 Å². The van der Waals surface area contributed by atoms with Gasteiger partial charge in [-0.3, -0.25) is 4.79 Å². The van der Waals surface area contributed by atoms with Gasteiger partial charge < -0.3 is 10.8 Å². The molecule has 0 amide bonds. The Hall–Kier alpha value is -0.660. The van der Waals surface area contributed by atoms with E-state index in [-0.39, 0.29) is 12.1 Å². The van der Waals surface area contributed by atoms with E-state index in [0.717, 1.165) is 12.8 Å². The van der Waals surface area contributed by atoms with E-state index in [4.69, 9.17) is 10.8 Å². The molecule has 0 aromatic heterocycles. The highest BCUT2D eigenvalue weighted by Gasteiger charge is 2.36. The maximum atomic E-state index is 12.0. The van der Waals surface area contributed by atoms with E-state index in [1.807, 2.05) is 0 Å². The van der Waals surface area contributed by atoms with Crippen LogP contribution in [-0.4, -0.2) is 48.2 Å². The molecule has 3 N–H and O–H groups in total. The molecule has 1 saturated carbocycles. The summed E-state index contributed by atoms with van der Waals surface area (Å²) in [4.78, 5) is 10.8. The predicted molar refractivity (Wildman–Crippen MR) is 64.0 cm³/mol. The van der Waals surface area contributed by atoms with Gasteiger partial charge in [0, 0.05) is 19.1 Å². The fraction of sp³-hybridized carbons (Fsp3) is 0.900. The van der Waals surface area contributed by atoms with Crippen molar-refractivity contribution in [3.05, 3.63) is 0 Å². The monoisotopic (exact) mass is 264 g/mol. The molecule has 0 spiro atoms. The van der Waals surface area contributed by atoms with E-state index >= 15 is 0 Å². The summed E-state index contributed by atoms with van der Waals surface area (Å²) in [7, 11) is -2.31. The van der Waals surface area contributed by atoms with Gasteiger partial charge in [0.2, 0.25) is 10.0 Å². The Labute approximate surface area is 102 Å². The highest BCUT2D eigenvalue weighted by molar-refractivity contribution is 7.90. The zero-order chi connectivity index (χ0) is 13.2. The Kier molecular flexibility index (Phi) is 4.51. The molecule has 100 valence electrons. The number of hydrogen-bond acceptors (Lipinski definition) is 4. The number of rotatable bonds is 4. The molecule has 17 heavy (non-hydrogen) atoms. The van der Waals surface area contributed by atoms with Crippen LogP contribution in [0.5, 0.6) is 0 Å². The zero-order valence-corrected chi connectivity index (χ0v) is 11.0. The number of nitrogens with two attached hydrogens (primary N) is 1. The van der Waals surface area contributed by atoms with Crippen LogP contribution in [0.25, 0.3) is 0 Å². The van der Waals surface area contributed by atoms with Gasteiger partial charge in [-0.05, 0) is 32.6 Å². The second-order valence-electron chi connectivity index (χ2n) is 4.61. The molecular formula is C10H20N2O4S. The Balaban J connectivity index is 2.75. The van der Waals surface area contributed by atoms with Gasteiger partial charge in [-0.15, -0.1) is 0 Å². The summed E-state index contributed by atoms with van der Waals surface area (Å²) in [5, 5.41) is 7.38. The highest BCUT2D eigenvalue weighted by Crippen LogP contribution is 2.24. The standard InChI is InChI=1S/C10H20N2O4S/c1-7(10(13)14)17(15,16)12(2)9-5-3-8(11)4-6-9/h7-9H,3-6,11H2,1-2H3,(H,13,14). The van der Waals surface area contributed by atoms with Crippen molar-refractivity contribution in [1.82, 2.24) is 4.31 Å². The highest BCUT2D eigenvalue weighted by atomic mass is 32.2. The van der Waals surface area contributed by atoms with Gasteiger partial charge >= 0.3 is 5.97 Å². The largest absolute Gasteiger partial charge is 0.480 e. The predicted octanol–water partition coefficient (Wildman–Crippen LogP) is -0.00900. The van der Waals surface area contributed by atoms with Gasteiger partial charge in [0.1, 0.15) is 0 Å². The Morgan fingerprint density at radius 2 is 1.82 bits per heavy atom. The average Bonchev–Trinajstić information content (AvgIpc) is 2.27. The summed E-state index contributed by atoms with van der Waals surface area (Å²) >= 11 is 0. The topological polar surface area (TPSA) is 101 Å². The number of carboxylic acid groups (broad SMARTS) is 1. The number of carboxylic acids is 1. The Morgan fingerprint density at radius 1 is 1.35 bits per heavy atom. The number of sulfonamides is 1. The van der Waals surface area contributed by atoms with Crippen LogP contribution in [0.3, 0.4) is 0 Å². The van der Waals surface area contributed by atoms with Gasteiger partial charge in [0.15, 0.2) is 5.25 Å². The van der Waals surface area contributed by atoms with Crippen molar-refractivity contribution in [2.45, 2.75) is 49.9 Å². The molecule has 1 rings (SSSR count). The molecule has 1 aliphatic carbocycles.